The highest BCUT2D eigenvalue weighted by Crippen LogP contribution is 2.30. The lowest BCUT2D eigenvalue weighted by atomic mass is 10.1. The fourth-order valence-corrected chi connectivity index (χ4v) is 3.62. The molecule has 3 rings (SSSR count). The van der Waals surface area contributed by atoms with Crippen LogP contribution in [-0.2, 0) is 0 Å². The molecule has 2 saturated heterocycles. The minimum absolute atomic E-state index is 0.508. The van der Waals surface area contributed by atoms with Gasteiger partial charge in [0.05, 0.1) is 0 Å². The second kappa shape index (κ2) is 5.23. The van der Waals surface area contributed by atoms with Gasteiger partial charge in [0, 0.05) is 24.7 Å². The molecular formula is C12H17ClN4S. The summed E-state index contributed by atoms with van der Waals surface area (Å²) in [5.74, 6) is 0.859. The summed E-state index contributed by atoms with van der Waals surface area (Å²) < 4.78 is 0. The lowest BCUT2D eigenvalue weighted by Crippen LogP contribution is -2.34. The third kappa shape index (κ3) is 2.44. The predicted octanol–water partition coefficient (Wildman–Crippen LogP) is 2.50. The Morgan fingerprint density at radius 3 is 3.11 bits per heavy atom. The molecule has 6 heteroatoms. The number of fused-ring (bicyclic) bond motifs is 1. The first kappa shape index (κ1) is 12.5. The molecule has 0 saturated carbocycles. The van der Waals surface area contributed by atoms with Gasteiger partial charge in [0.25, 0.3) is 0 Å². The van der Waals surface area contributed by atoms with Crippen molar-refractivity contribution in [3.8, 4) is 0 Å². The number of nitrogens with zero attached hydrogens (tertiary/aromatic N) is 3. The van der Waals surface area contributed by atoms with Crippen molar-refractivity contribution in [2.24, 2.45) is 0 Å². The van der Waals surface area contributed by atoms with Crippen molar-refractivity contribution < 1.29 is 0 Å². The van der Waals surface area contributed by atoms with E-state index in [1.54, 1.807) is 0 Å². The van der Waals surface area contributed by atoms with Crippen LogP contribution in [0.5, 0.6) is 0 Å². The fraction of sp³-hybridized carbons (Fsp3) is 0.667. The fourth-order valence-electron chi connectivity index (χ4n) is 3.00. The summed E-state index contributed by atoms with van der Waals surface area (Å²) in [7, 11) is 0. The maximum atomic E-state index is 6.01. The molecule has 0 spiro atoms. The lowest BCUT2D eigenvalue weighted by molar-refractivity contribution is 0.318. The van der Waals surface area contributed by atoms with Crippen molar-refractivity contribution in [1.29, 1.82) is 0 Å². The molecule has 2 atom stereocenters. The molecule has 2 aliphatic heterocycles. The minimum Gasteiger partial charge on any atom is -0.366 e. The van der Waals surface area contributed by atoms with Crippen LogP contribution in [0.25, 0.3) is 0 Å². The van der Waals surface area contributed by atoms with E-state index >= 15 is 0 Å². The second-order valence-corrected chi connectivity index (χ2v) is 6.01. The van der Waals surface area contributed by atoms with Gasteiger partial charge in [-0.05, 0) is 32.1 Å². The SMILES string of the molecule is CSc1nc(Cl)cc(NC2CCN3CCCC23)n1. The van der Waals surface area contributed by atoms with Gasteiger partial charge in [-0.15, -0.1) is 0 Å². The first-order valence-electron chi connectivity index (χ1n) is 6.35. The molecule has 0 amide bonds. The Kier molecular flexibility index (Phi) is 3.63. The number of anilines is 1. The number of hydrogen-bond acceptors (Lipinski definition) is 5. The highest BCUT2D eigenvalue weighted by atomic mass is 35.5. The Labute approximate surface area is 117 Å². The van der Waals surface area contributed by atoms with E-state index < -0.39 is 0 Å². The molecule has 0 aromatic carbocycles. The summed E-state index contributed by atoms with van der Waals surface area (Å²) in [6, 6.07) is 3.00. The predicted molar refractivity (Wildman–Crippen MR) is 75.4 cm³/mol. The highest BCUT2D eigenvalue weighted by Gasteiger charge is 2.37. The number of halogens is 1. The Bertz CT molecular complexity index is 442. The van der Waals surface area contributed by atoms with E-state index in [-0.39, 0.29) is 0 Å². The average Bonchev–Trinajstić information content (AvgIpc) is 2.93. The third-order valence-corrected chi connectivity index (χ3v) is 4.54. The van der Waals surface area contributed by atoms with Crippen molar-refractivity contribution >= 4 is 29.2 Å². The van der Waals surface area contributed by atoms with E-state index in [4.69, 9.17) is 11.6 Å². The Balaban J connectivity index is 1.74. The largest absolute Gasteiger partial charge is 0.366 e. The molecule has 18 heavy (non-hydrogen) atoms. The van der Waals surface area contributed by atoms with Crippen molar-refractivity contribution in [3.05, 3.63) is 11.2 Å². The molecule has 2 fully saturated rings. The van der Waals surface area contributed by atoms with E-state index in [0.717, 1.165) is 11.0 Å². The van der Waals surface area contributed by atoms with Gasteiger partial charge in [-0.2, -0.15) is 0 Å². The quantitative estimate of drug-likeness (QED) is 0.525. The van der Waals surface area contributed by atoms with Crippen molar-refractivity contribution in [3.63, 3.8) is 0 Å². The summed E-state index contributed by atoms with van der Waals surface area (Å²) in [5, 5.41) is 4.78. The van der Waals surface area contributed by atoms with Gasteiger partial charge < -0.3 is 5.32 Å². The summed E-state index contributed by atoms with van der Waals surface area (Å²) in [6.07, 6.45) is 5.78. The van der Waals surface area contributed by atoms with E-state index in [0.29, 0.717) is 17.2 Å². The van der Waals surface area contributed by atoms with E-state index in [9.17, 15) is 0 Å². The molecular weight excluding hydrogens is 268 g/mol. The Morgan fingerprint density at radius 1 is 1.39 bits per heavy atom. The standard InChI is InChI=1S/C12H17ClN4S/c1-18-12-15-10(13)7-11(16-12)14-8-4-6-17-5-2-3-9(8)17/h7-9H,2-6H2,1H3,(H,14,15,16). The zero-order valence-corrected chi connectivity index (χ0v) is 12.0. The van der Waals surface area contributed by atoms with Crippen LogP contribution < -0.4 is 5.32 Å². The van der Waals surface area contributed by atoms with Crippen molar-refractivity contribution in [2.45, 2.75) is 36.5 Å². The van der Waals surface area contributed by atoms with Gasteiger partial charge in [-0.3, -0.25) is 4.90 Å². The molecule has 3 heterocycles. The first-order chi connectivity index (χ1) is 8.76. The molecule has 2 unspecified atom stereocenters. The van der Waals surface area contributed by atoms with E-state index in [2.05, 4.69) is 20.2 Å². The van der Waals surface area contributed by atoms with Crippen LogP contribution in [0, 0.1) is 0 Å². The monoisotopic (exact) mass is 284 g/mol. The molecule has 2 aliphatic rings. The normalized spacial score (nSPS) is 27.4. The molecule has 0 bridgehead atoms. The number of thioether (sulfide) groups is 1. The molecule has 1 aromatic rings. The van der Waals surface area contributed by atoms with Gasteiger partial charge in [0.15, 0.2) is 5.16 Å². The van der Waals surface area contributed by atoms with Gasteiger partial charge in [-0.25, -0.2) is 9.97 Å². The van der Waals surface area contributed by atoms with Gasteiger partial charge in [-0.1, -0.05) is 23.4 Å². The minimum atomic E-state index is 0.508. The summed E-state index contributed by atoms with van der Waals surface area (Å²) >= 11 is 7.53. The number of rotatable bonds is 3. The van der Waals surface area contributed by atoms with Crippen LogP contribution in [0.3, 0.4) is 0 Å². The van der Waals surface area contributed by atoms with E-state index in [1.807, 2.05) is 12.3 Å². The average molecular weight is 285 g/mol. The summed E-state index contributed by atoms with van der Waals surface area (Å²) in [5.41, 5.74) is 0. The number of hydrogen-bond donors (Lipinski definition) is 1. The van der Waals surface area contributed by atoms with Gasteiger partial charge >= 0.3 is 0 Å². The van der Waals surface area contributed by atoms with Crippen molar-refractivity contribution in [2.75, 3.05) is 24.7 Å². The van der Waals surface area contributed by atoms with Crippen LogP contribution >= 0.6 is 23.4 Å². The number of nitrogens with one attached hydrogen (secondary N) is 1. The highest BCUT2D eigenvalue weighted by molar-refractivity contribution is 7.98. The molecule has 0 aliphatic carbocycles. The Morgan fingerprint density at radius 2 is 2.28 bits per heavy atom. The first-order valence-corrected chi connectivity index (χ1v) is 7.96. The number of aromatic nitrogens is 2. The van der Waals surface area contributed by atoms with Crippen molar-refractivity contribution in [1.82, 2.24) is 14.9 Å². The zero-order chi connectivity index (χ0) is 12.5. The van der Waals surface area contributed by atoms with Crippen LogP contribution in [-0.4, -0.2) is 46.3 Å². The van der Waals surface area contributed by atoms with E-state index in [1.165, 1.54) is 44.1 Å². The maximum absolute atomic E-state index is 6.01. The second-order valence-electron chi connectivity index (χ2n) is 4.85. The maximum Gasteiger partial charge on any atom is 0.190 e. The molecule has 1 N–H and O–H groups in total. The molecule has 4 nitrogen and oxygen atoms in total. The van der Waals surface area contributed by atoms with Crippen LogP contribution in [0.1, 0.15) is 19.3 Å². The van der Waals surface area contributed by atoms with Gasteiger partial charge in [0.2, 0.25) is 0 Å². The zero-order valence-electron chi connectivity index (χ0n) is 10.4. The topological polar surface area (TPSA) is 41.1 Å². The van der Waals surface area contributed by atoms with Crippen LogP contribution in [0.4, 0.5) is 5.82 Å². The lowest BCUT2D eigenvalue weighted by Gasteiger charge is -2.21. The third-order valence-electron chi connectivity index (χ3n) is 3.80. The Hall–Kier alpha value is -0.520. The van der Waals surface area contributed by atoms with Crippen LogP contribution in [0.2, 0.25) is 5.15 Å². The summed E-state index contributed by atoms with van der Waals surface area (Å²) in [6.45, 7) is 2.46. The molecule has 1 aromatic heterocycles. The smallest absolute Gasteiger partial charge is 0.190 e. The van der Waals surface area contributed by atoms with Crippen LogP contribution in [0.15, 0.2) is 11.2 Å². The summed E-state index contributed by atoms with van der Waals surface area (Å²) in [4.78, 5) is 11.2. The molecule has 98 valence electrons. The van der Waals surface area contributed by atoms with Gasteiger partial charge in [0.1, 0.15) is 11.0 Å². The molecule has 0 radical (unpaired) electrons.